The average Bonchev–Trinajstić information content (AvgIpc) is 2.55. The Labute approximate surface area is 143 Å². The zero-order valence-corrected chi connectivity index (χ0v) is 13.3. The zero-order valence-electron chi connectivity index (χ0n) is 13.3. The van der Waals surface area contributed by atoms with Crippen molar-refractivity contribution in [3.63, 3.8) is 0 Å². The Hall–Kier alpha value is -2.98. The van der Waals surface area contributed by atoms with Gasteiger partial charge in [-0.1, -0.05) is 12.1 Å². The highest BCUT2D eigenvalue weighted by atomic mass is 16.5. The Balaban J connectivity index is 0.000000609. The molecule has 0 radical (unpaired) electrons. The van der Waals surface area contributed by atoms with E-state index < -0.39 is 29.9 Å². The number of carboxylic acids is 3. The van der Waals surface area contributed by atoms with Crippen molar-refractivity contribution in [2.45, 2.75) is 25.3 Å². The number of esters is 1. The number of hydrogen-bond donors (Lipinski definition) is 5. The van der Waals surface area contributed by atoms with Gasteiger partial charge >= 0.3 is 23.9 Å². The Morgan fingerprint density at radius 3 is 1.80 bits per heavy atom. The van der Waals surface area contributed by atoms with Crippen molar-refractivity contribution < 1.29 is 39.2 Å². The SMILES string of the molecule is NCC(=O)Oc1ccc(C[C@H](N)C(=O)O)cc1.O=C(O)CCC(=O)O. The van der Waals surface area contributed by atoms with Crippen LogP contribution in [0.15, 0.2) is 24.3 Å². The third-order valence-electron chi connectivity index (χ3n) is 2.65. The van der Waals surface area contributed by atoms with Crippen LogP contribution in [0.25, 0.3) is 0 Å². The van der Waals surface area contributed by atoms with Crippen molar-refractivity contribution in [2.24, 2.45) is 11.5 Å². The average molecular weight is 356 g/mol. The van der Waals surface area contributed by atoms with Gasteiger partial charge in [0.15, 0.2) is 0 Å². The van der Waals surface area contributed by atoms with E-state index in [0.29, 0.717) is 5.75 Å². The first-order valence-corrected chi connectivity index (χ1v) is 7.07. The fourth-order valence-corrected chi connectivity index (χ4v) is 1.42. The van der Waals surface area contributed by atoms with Gasteiger partial charge in [0.2, 0.25) is 0 Å². The summed E-state index contributed by atoms with van der Waals surface area (Å²) in [4.78, 5) is 40.7. The molecule has 0 aliphatic heterocycles. The molecular formula is C15H20N2O8. The highest BCUT2D eigenvalue weighted by Gasteiger charge is 2.12. The number of carbonyl (C=O) groups excluding carboxylic acids is 1. The van der Waals surface area contributed by atoms with Crippen LogP contribution in [0.1, 0.15) is 18.4 Å². The van der Waals surface area contributed by atoms with Gasteiger partial charge < -0.3 is 31.5 Å². The second kappa shape index (κ2) is 11.5. The van der Waals surface area contributed by atoms with Crippen LogP contribution in [0.4, 0.5) is 0 Å². The van der Waals surface area contributed by atoms with Gasteiger partial charge in [0.1, 0.15) is 11.8 Å². The van der Waals surface area contributed by atoms with Crippen molar-refractivity contribution in [2.75, 3.05) is 6.54 Å². The van der Waals surface area contributed by atoms with Crippen molar-refractivity contribution in [3.8, 4) is 5.75 Å². The molecule has 1 aromatic rings. The maximum absolute atomic E-state index is 10.9. The van der Waals surface area contributed by atoms with Crippen molar-refractivity contribution >= 4 is 23.9 Å². The van der Waals surface area contributed by atoms with Gasteiger partial charge in [0, 0.05) is 0 Å². The topological polar surface area (TPSA) is 190 Å². The van der Waals surface area contributed by atoms with E-state index in [4.69, 9.17) is 31.5 Å². The summed E-state index contributed by atoms with van der Waals surface area (Å²) in [6, 6.07) is 5.51. The lowest BCUT2D eigenvalue weighted by atomic mass is 10.1. The molecule has 0 saturated heterocycles. The maximum atomic E-state index is 10.9. The smallest absolute Gasteiger partial charge is 0.325 e. The number of benzene rings is 1. The molecule has 138 valence electrons. The summed E-state index contributed by atoms with van der Waals surface area (Å²) in [6.45, 7) is -0.189. The first-order chi connectivity index (χ1) is 11.6. The molecule has 1 rings (SSSR count). The molecule has 0 unspecified atom stereocenters. The number of ether oxygens (including phenoxy) is 1. The molecule has 0 amide bonds. The standard InChI is InChI=1S/C11H14N2O4.C4H6O4/c12-6-10(14)17-8-3-1-7(2-4-8)5-9(13)11(15)16;5-3(6)1-2-4(7)8/h1-4,9H,5-6,12-13H2,(H,15,16);1-2H2,(H,5,6)(H,7,8)/t9-;/m0./s1. The summed E-state index contributed by atoms with van der Waals surface area (Å²) < 4.78 is 4.86. The van der Waals surface area contributed by atoms with E-state index in [-0.39, 0.29) is 25.8 Å². The molecule has 25 heavy (non-hydrogen) atoms. The third kappa shape index (κ3) is 11.2. The normalized spacial score (nSPS) is 10.8. The lowest BCUT2D eigenvalue weighted by Gasteiger charge is -2.07. The van der Waals surface area contributed by atoms with Crippen LogP contribution in [-0.4, -0.2) is 51.8 Å². The fourth-order valence-electron chi connectivity index (χ4n) is 1.42. The van der Waals surface area contributed by atoms with Crippen LogP contribution < -0.4 is 16.2 Å². The molecule has 0 saturated carbocycles. The lowest BCUT2D eigenvalue weighted by molar-refractivity contribution is -0.143. The molecule has 1 aromatic carbocycles. The van der Waals surface area contributed by atoms with Gasteiger partial charge in [0.05, 0.1) is 19.4 Å². The quantitative estimate of drug-likeness (QED) is 0.298. The van der Waals surface area contributed by atoms with Crippen LogP contribution in [0, 0.1) is 0 Å². The number of rotatable bonds is 8. The van der Waals surface area contributed by atoms with E-state index in [2.05, 4.69) is 0 Å². The molecule has 7 N–H and O–H groups in total. The second-order valence-corrected chi connectivity index (χ2v) is 4.76. The summed E-state index contributed by atoms with van der Waals surface area (Å²) in [5.74, 6) is -3.36. The van der Waals surface area contributed by atoms with E-state index >= 15 is 0 Å². The molecular weight excluding hydrogens is 336 g/mol. The molecule has 0 bridgehead atoms. The monoisotopic (exact) mass is 356 g/mol. The van der Waals surface area contributed by atoms with E-state index in [0.717, 1.165) is 5.56 Å². The van der Waals surface area contributed by atoms with Gasteiger partial charge in [-0.15, -0.1) is 0 Å². The Morgan fingerprint density at radius 1 is 0.960 bits per heavy atom. The molecule has 0 aliphatic carbocycles. The van der Waals surface area contributed by atoms with Crippen molar-refractivity contribution in [3.05, 3.63) is 29.8 Å². The summed E-state index contributed by atoms with van der Waals surface area (Å²) in [5.41, 5.74) is 11.2. The lowest BCUT2D eigenvalue weighted by Crippen LogP contribution is -2.32. The first-order valence-electron chi connectivity index (χ1n) is 7.07. The summed E-state index contributed by atoms with van der Waals surface area (Å²) in [5, 5.41) is 24.4. The predicted octanol–water partition coefficient (Wildman–Crippen LogP) is -0.559. The predicted molar refractivity (Wildman–Crippen MR) is 85.0 cm³/mol. The second-order valence-electron chi connectivity index (χ2n) is 4.76. The molecule has 0 fully saturated rings. The third-order valence-corrected chi connectivity index (χ3v) is 2.65. The van der Waals surface area contributed by atoms with Crippen LogP contribution in [-0.2, 0) is 25.6 Å². The highest BCUT2D eigenvalue weighted by molar-refractivity contribution is 5.75. The minimum Gasteiger partial charge on any atom is -0.481 e. The van der Waals surface area contributed by atoms with Crippen molar-refractivity contribution in [1.82, 2.24) is 0 Å². The molecule has 1 atom stereocenters. The highest BCUT2D eigenvalue weighted by Crippen LogP contribution is 2.13. The van der Waals surface area contributed by atoms with Crippen LogP contribution in [0.2, 0.25) is 0 Å². The number of carbonyl (C=O) groups is 4. The minimum absolute atomic E-state index is 0.189. The van der Waals surface area contributed by atoms with Crippen molar-refractivity contribution in [1.29, 1.82) is 0 Å². The van der Waals surface area contributed by atoms with E-state index in [1.54, 1.807) is 24.3 Å². The minimum atomic E-state index is -1.08. The Kier molecular flexibility index (Phi) is 10.2. The van der Waals surface area contributed by atoms with Gasteiger partial charge in [-0.25, -0.2) is 0 Å². The molecule has 0 aliphatic rings. The summed E-state index contributed by atoms with van der Waals surface area (Å²) in [6.07, 6.45) is -0.370. The number of carboxylic acid groups (broad SMARTS) is 3. The fraction of sp³-hybridized carbons (Fsp3) is 0.333. The number of aliphatic carboxylic acids is 3. The largest absolute Gasteiger partial charge is 0.481 e. The van der Waals surface area contributed by atoms with Crippen LogP contribution in [0.3, 0.4) is 0 Å². The molecule has 10 nitrogen and oxygen atoms in total. The van der Waals surface area contributed by atoms with Gasteiger partial charge in [0.25, 0.3) is 0 Å². The molecule has 0 heterocycles. The molecule has 0 aromatic heterocycles. The molecule has 0 spiro atoms. The van der Waals surface area contributed by atoms with Gasteiger partial charge in [-0.2, -0.15) is 0 Å². The number of hydrogen-bond acceptors (Lipinski definition) is 7. The van der Waals surface area contributed by atoms with Crippen LogP contribution >= 0.6 is 0 Å². The Bertz CT molecular complexity index is 586. The number of nitrogens with two attached hydrogens (primary N) is 2. The first kappa shape index (κ1) is 22.0. The summed E-state index contributed by atoms with van der Waals surface area (Å²) >= 11 is 0. The van der Waals surface area contributed by atoms with Gasteiger partial charge in [-0.3, -0.25) is 19.2 Å². The van der Waals surface area contributed by atoms with E-state index in [1.165, 1.54) is 0 Å². The Morgan fingerprint density at radius 2 is 1.44 bits per heavy atom. The van der Waals surface area contributed by atoms with E-state index in [9.17, 15) is 19.2 Å². The zero-order chi connectivity index (χ0) is 19.4. The van der Waals surface area contributed by atoms with E-state index in [1.807, 2.05) is 0 Å². The van der Waals surface area contributed by atoms with Gasteiger partial charge in [-0.05, 0) is 24.1 Å². The summed E-state index contributed by atoms with van der Waals surface area (Å²) in [7, 11) is 0. The maximum Gasteiger partial charge on any atom is 0.325 e. The molecule has 10 heteroatoms. The van der Waals surface area contributed by atoms with Crippen LogP contribution in [0.5, 0.6) is 5.75 Å².